The van der Waals surface area contributed by atoms with Crippen molar-refractivity contribution in [1.82, 2.24) is 0 Å². The number of anilines is 2. The average Bonchev–Trinajstić information content (AvgIpc) is 2.44. The van der Waals surface area contributed by atoms with Crippen LogP contribution < -0.4 is 16.0 Å². The highest BCUT2D eigenvalue weighted by Gasteiger charge is 2.11. The van der Waals surface area contributed by atoms with Crippen LogP contribution in [0.5, 0.6) is 0 Å². The molecule has 106 valence electrons. The first-order valence-electron chi connectivity index (χ1n) is 6.64. The van der Waals surface area contributed by atoms with Gasteiger partial charge in [-0.15, -0.1) is 0 Å². The summed E-state index contributed by atoms with van der Waals surface area (Å²) in [6.07, 6.45) is 0.615. The Bertz CT molecular complexity index is 392. The third-order valence-electron chi connectivity index (χ3n) is 3.03. The predicted octanol–water partition coefficient (Wildman–Crippen LogP) is 1.18. The molecule has 0 aliphatic rings. The maximum Gasteiger partial charge on any atom is 0.241 e. The summed E-state index contributed by atoms with van der Waals surface area (Å²) in [6.45, 7) is 5.46. The van der Waals surface area contributed by atoms with Gasteiger partial charge in [-0.05, 0) is 37.6 Å². The molecule has 0 spiro atoms. The first-order chi connectivity index (χ1) is 9.12. The number of rotatable bonds is 7. The van der Waals surface area contributed by atoms with Gasteiger partial charge in [-0.3, -0.25) is 4.79 Å². The molecule has 19 heavy (non-hydrogen) atoms. The minimum Gasteiger partial charge on any atom is -0.395 e. The standard InChI is InChI=1S/C14H23N3O2/c1-3-13(15)14(19)16-11-5-7-12(8-6-11)17(4-2)9-10-18/h5-8,13,18H,3-4,9-10,15H2,1-2H3,(H,16,19)/t13-/m0/s1. The van der Waals surface area contributed by atoms with Crippen LogP contribution in [0.1, 0.15) is 20.3 Å². The number of likely N-dealkylation sites (N-methyl/N-ethyl adjacent to an activating group) is 1. The van der Waals surface area contributed by atoms with Crippen molar-refractivity contribution in [3.8, 4) is 0 Å². The molecule has 0 fully saturated rings. The molecule has 5 heteroatoms. The van der Waals surface area contributed by atoms with E-state index in [2.05, 4.69) is 10.2 Å². The quantitative estimate of drug-likeness (QED) is 0.692. The maximum atomic E-state index is 11.6. The van der Waals surface area contributed by atoms with Crippen LogP contribution in [0.25, 0.3) is 0 Å². The van der Waals surface area contributed by atoms with E-state index in [1.165, 1.54) is 0 Å². The Labute approximate surface area is 114 Å². The van der Waals surface area contributed by atoms with E-state index in [1.807, 2.05) is 38.1 Å². The Hall–Kier alpha value is -1.59. The second-order valence-corrected chi connectivity index (χ2v) is 4.35. The lowest BCUT2D eigenvalue weighted by Gasteiger charge is -2.22. The van der Waals surface area contributed by atoms with Gasteiger partial charge in [0.25, 0.3) is 0 Å². The second kappa shape index (κ2) is 7.76. The van der Waals surface area contributed by atoms with Gasteiger partial charge in [-0.25, -0.2) is 0 Å². The number of nitrogens with one attached hydrogen (secondary N) is 1. The van der Waals surface area contributed by atoms with Crippen LogP contribution in [0, 0.1) is 0 Å². The second-order valence-electron chi connectivity index (χ2n) is 4.35. The summed E-state index contributed by atoms with van der Waals surface area (Å²) in [5.41, 5.74) is 7.41. The number of aliphatic hydroxyl groups is 1. The van der Waals surface area contributed by atoms with Crippen molar-refractivity contribution < 1.29 is 9.90 Å². The number of carbonyl (C=O) groups is 1. The molecule has 0 saturated heterocycles. The molecular formula is C14H23N3O2. The fourth-order valence-electron chi connectivity index (χ4n) is 1.77. The fourth-order valence-corrected chi connectivity index (χ4v) is 1.77. The molecule has 0 unspecified atom stereocenters. The van der Waals surface area contributed by atoms with Gasteiger partial charge >= 0.3 is 0 Å². The molecule has 1 aromatic rings. The average molecular weight is 265 g/mol. The van der Waals surface area contributed by atoms with E-state index in [0.29, 0.717) is 13.0 Å². The molecule has 1 atom stereocenters. The molecule has 5 nitrogen and oxygen atoms in total. The van der Waals surface area contributed by atoms with Gasteiger partial charge in [0.15, 0.2) is 0 Å². The number of hydrogen-bond donors (Lipinski definition) is 3. The Morgan fingerprint density at radius 3 is 2.47 bits per heavy atom. The van der Waals surface area contributed by atoms with Crippen molar-refractivity contribution in [2.75, 3.05) is 29.9 Å². The number of aliphatic hydroxyl groups excluding tert-OH is 1. The summed E-state index contributed by atoms with van der Waals surface area (Å²) < 4.78 is 0. The van der Waals surface area contributed by atoms with Crippen LogP contribution in [0.15, 0.2) is 24.3 Å². The first-order valence-corrected chi connectivity index (χ1v) is 6.64. The SMILES string of the molecule is CC[C@H](N)C(=O)Nc1ccc(N(CC)CCO)cc1. The van der Waals surface area contributed by atoms with Crippen LogP contribution in [0.3, 0.4) is 0 Å². The number of hydrogen-bond acceptors (Lipinski definition) is 4. The largest absolute Gasteiger partial charge is 0.395 e. The Morgan fingerprint density at radius 2 is 2.00 bits per heavy atom. The molecule has 1 amide bonds. The Kier molecular flexibility index (Phi) is 6.32. The fraction of sp³-hybridized carbons (Fsp3) is 0.500. The minimum absolute atomic E-state index is 0.123. The lowest BCUT2D eigenvalue weighted by atomic mass is 10.2. The molecular weight excluding hydrogens is 242 g/mol. The summed E-state index contributed by atoms with van der Waals surface area (Å²) in [4.78, 5) is 13.7. The molecule has 1 rings (SSSR count). The van der Waals surface area contributed by atoms with Gasteiger partial charge in [0, 0.05) is 24.5 Å². The molecule has 0 aliphatic heterocycles. The maximum absolute atomic E-state index is 11.6. The van der Waals surface area contributed by atoms with E-state index in [0.717, 1.165) is 17.9 Å². The zero-order valence-corrected chi connectivity index (χ0v) is 11.6. The van der Waals surface area contributed by atoms with Gasteiger partial charge in [-0.1, -0.05) is 6.92 Å². The molecule has 0 aliphatic carbocycles. The topological polar surface area (TPSA) is 78.6 Å². The van der Waals surface area contributed by atoms with Crippen LogP contribution in [0.2, 0.25) is 0 Å². The van der Waals surface area contributed by atoms with Crippen molar-refractivity contribution >= 4 is 17.3 Å². The molecule has 0 saturated carbocycles. The Balaban J connectivity index is 2.68. The van der Waals surface area contributed by atoms with E-state index >= 15 is 0 Å². The first kappa shape index (κ1) is 15.5. The highest BCUT2D eigenvalue weighted by molar-refractivity contribution is 5.94. The summed E-state index contributed by atoms with van der Waals surface area (Å²) >= 11 is 0. The lowest BCUT2D eigenvalue weighted by molar-refractivity contribution is -0.117. The van der Waals surface area contributed by atoms with Crippen LogP contribution in [-0.4, -0.2) is 36.8 Å². The zero-order valence-electron chi connectivity index (χ0n) is 11.6. The minimum atomic E-state index is -0.471. The lowest BCUT2D eigenvalue weighted by Crippen LogP contribution is -2.34. The highest BCUT2D eigenvalue weighted by atomic mass is 16.3. The van der Waals surface area contributed by atoms with E-state index in [1.54, 1.807) is 0 Å². The van der Waals surface area contributed by atoms with Crippen molar-refractivity contribution in [2.24, 2.45) is 5.73 Å². The van der Waals surface area contributed by atoms with Gasteiger partial charge in [0.2, 0.25) is 5.91 Å². The third-order valence-corrected chi connectivity index (χ3v) is 3.03. The molecule has 0 heterocycles. The number of amides is 1. The number of benzene rings is 1. The summed E-state index contributed by atoms with van der Waals surface area (Å²) in [5.74, 6) is -0.169. The predicted molar refractivity (Wildman–Crippen MR) is 78.3 cm³/mol. The molecule has 0 bridgehead atoms. The smallest absolute Gasteiger partial charge is 0.241 e. The molecule has 0 radical (unpaired) electrons. The number of carbonyl (C=O) groups excluding carboxylic acids is 1. The van der Waals surface area contributed by atoms with Gasteiger partial charge < -0.3 is 21.1 Å². The van der Waals surface area contributed by atoms with Crippen molar-refractivity contribution in [2.45, 2.75) is 26.3 Å². The van der Waals surface area contributed by atoms with E-state index in [4.69, 9.17) is 10.8 Å². The zero-order chi connectivity index (χ0) is 14.3. The van der Waals surface area contributed by atoms with Crippen molar-refractivity contribution in [3.63, 3.8) is 0 Å². The summed E-state index contributed by atoms with van der Waals surface area (Å²) in [6, 6.07) is 7.06. The summed E-state index contributed by atoms with van der Waals surface area (Å²) in [7, 11) is 0. The van der Waals surface area contributed by atoms with Crippen LogP contribution >= 0.6 is 0 Å². The van der Waals surface area contributed by atoms with Crippen LogP contribution in [0.4, 0.5) is 11.4 Å². The van der Waals surface area contributed by atoms with E-state index in [-0.39, 0.29) is 12.5 Å². The van der Waals surface area contributed by atoms with Gasteiger partial charge in [0.1, 0.15) is 0 Å². The van der Waals surface area contributed by atoms with Gasteiger partial charge in [-0.2, -0.15) is 0 Å². The molecule has 0 aromatic heterocycles. The van der Waals surface area contributed by atoms with E-state index < -0.39 is 6.04 Å². The van der Waals surface area contributed by atoms with Crippen LogP contribution in [-0.2, 0) is 4.79 Å². The highest BCUT2D eigenvalue weighted by Crippen LogP contribution is 2.17. The van der Waals surface area contributed by atoms with Crippen molar-refractivity contribution in [3.05, 3.63) is 24.3 Å². The normalized spacial score (nSPS) is 12.0. The molecule has 1 aromatic carbocycles. The Morgan fingerprint density at radius 1 is 1.37 bits per heavy atom. The third kappa shape index (κ3) is 4.54. The van der Waals surface area contributed by atoms with E-state index in [9.17, 15) is 4.79 Å². The molecule has 4 N–H and O–H groups in total. The number of nitrogens with zero attached hydrogens (tertiary/aromatic N) is 1. The number of nitrogens with two attached hydrogens (primary N) is 1. The van der Waals surface area contributed by atoms with Crippen molar-refractivity contribution in [1.29, 1.82) is 0 Å². The van der Waals surface area contributed by atoms with Gasteiger partial charge in [0.05, 0.1) is 12.6 Å². The monoisotopic (exact) mass is 265 g/mol. The summed E-state index contributed by atoms with van der Waals surface area (Å²) in [5, 5.41) is 11.8.